The molecule has 1 amide bonds. The van der Waals surface area contributed by atoms with Crippen LogP contribution in [0.3, 0.4) is 0 Å². The molecule has 0 atom stereocenters. The second-order valence-electron chi connectivity index (χ2n) is 3.94. The molecule has 3 N–H and O–H groups in total. The summed E-state index contributed by atoms with van der Waals surface area (Å²) < 4.78 is 26.7. The number of hydrogen-bond acceptors (Lipinski definition) is 2. The number of nitrogen functional groups attached to an aromatic ring is 1. The van der Waals surface area contributed by atoms with E-state index in [0.717, 1.165) is 6.07 Å². The molecule has 2 rings (SSSR count). The lowest BCUT2D eigenvalue weighted by Crippen LogP contribution is -2.14. The molecule has 0 aliphatic rings. The van der Waals surface area contributed by atoms with Crippen molar-refractivity contribution in [3.63, 3.8) is 0 Å². The fourth-order valence-corrected chi connectivity index (χ4v) is 2.27. The quantitative estimate of drug-likeness (QED) is 0.787. The van der Waals surface area contributed by atoms with Crippen LogP contribution in [0.25, 0.3) is 0 Å². The predicted molar refractivity (Wildman–Crippen MR) is 77.9 cm³/mol. The van der Waals surface area contributed by atoms with E-state index < -0.39 is 17.5 Å². The highest BCUT2D eigenvalue weighted by molar-refractivity contribution is 9.10. The van der Waals surface area contributed by atoms with Crippen molar-refractivity contribution in [3.8, 4) is 0 Å². The molecule has 7 heteroatoms. The van der Waals surface area contributed by atoms with Gasteiger partial charge in [-0.15, -0.1) is 0 Å². The Hall–Kier alpha value is -1.66. The van der Waals surface area contributed by atoms with E-state index in [0.29, 0.717) is 11.8 Å². The highest BCUT2D eigenvalue weighted by atomic mass is 79.9. The third kappa shape index (κ3) is 3.08. The summed E-state index contributed by atoms with van der Waals surface area (Å²) in [5.41, 5.74) is 5.84. The molecule has 0 fully saturated rings. The summed E-state index contributed by atoms with van der Waals surface area (Å²) in [6.45, 7) is 0. The molecule has 0 saturated heterocycles. The van der Waals surface area contributed by atoms with E-state index in [9.17, 15) is 13.6 Å². The van der Waals surface area contributed by atoms with E-state index >= 15 is 0 Å². The van der Waals surface area contributed by atoms with Crippen LogP contribution in [0.4, 0.5) is 20.2 Å². The smallest absolute Gasteiger partial charge is 0.257 e. The minimum Gasteiger partial charge on any atom is -0.399 e. The molecule has 0 saturated carbocycles. The standard InChI is InChI=1S/C13H8BrClF2N2O/c14-9-3-6(16)4-11(17)12(9)19-13(20)8-5-7(18)1-2-10(8)15/h1-5H,18H2,(H,19,20). The first-order valence-corrected chi connectivity index (χ1v) is 6.56. The van der Waals surface area contributed by atoms with Crippen LogP contribution in [0.2, 0.25) is 5.02 Å². The van der Waals surface area contributed by atoms with Crippen LogP contribution < -0.4 is 11.1 Å². The highest BCUT2D eigenvalue weighted by Gasteiger charge is 2.16. The van der Waals surface area contributed by atoms with E-state index in [4.69, 9.17) is 17.3 Å². The number of benzene rings is 2. The van der Waals surface area contributed by atoms with Crippen molar-refractivity contribution in [1.82, 2.24) is 0 Å². The maximum atomic E-state index is 13.6. The van der Waals surface area contributed by atoms with Crippen LogP contribution in [0.15, 0.2) is 34.8 Å². The number of hydrogen-bond donors (Lipinski definition) is 2. The van der Waals surface area contributed by atoms with Gasteiger partial charge in [0.2, 0.25) is 0 Å². The fraction of sp³-hybridized carbons (Fsp3) is 0. The summed E-state index contributed by atoms with van der Waals surface area (Å²) in [5.74, 6) is -2.30. The van der Waals surface area contributed by atoms with Crippen LogP contribution in [0.5, 0.6) is 0 Å². The largest absolute Gasteiger partial charge is 0.399 e. The number of anilines is 2. The number of nitrogens with one attached hydrogen (secondary N) is 1. The molecule has 2 aromatic carbocycles. The average molecular weight is 362 g/mol. The molecule has 0 aliphatic carbocycles. The van der Waals surface area contributed by atoms with E-state index in [1.165, 1.54) is 18.2 Å². The van der Waals surface area contributed by atoms with E-state index in [2.05, 4.69) is 21.2 Å². The minimum absolute atomic E-state index is 0.0865. The summed E-state index contributed by atoms with van der Waals surface area (Å²) in [6.07, 6.45) is 0. The van der Waals surface area contributed by atoms with Gasteiger partial charge < -0.3 is 11.1 Å². The highest BCUT2D eigenvalue weighted by Crippen LogP contribution is 2.28. The van der Waals surface area contributed by atoms with Gasteiger partial charge in [0.25, 0.3) is 5.91 Å². The van der Waals surface area contributed by atoms with Gasteiger partial charge in [0.1, 0.15) is 5.82 Å². The Kier molecular flexibility index (Phi) is 4.25. The van der Waals surface area contributed by atoms with Gasteiger partial charge in [-0.3, -0.25) is 4.79 Å². The van der Waals surface area contributed by atoms with Gasteiger partial charge in [-0.05, 0) is 40.2 Å². The van der Waals surface area contributed by atoms with Crippen LogP contribution in [-0.2, 0) is 0 Å². The third-order valence-corrected chi connectivity index (χ3v) is 3.44. The zero-order valence-corrected chi connectivity index (χ0v) is 12.2. The Morgan fingerprint density at radius 3 is 2.60 bits per heavy atom. The normalized spacial score (nSPS) is 10.4. The second-order valence-corrected chi connectivity index (χ2v) is 5.20. The number of nitrogens with two attached hydrogens (primary N) is 1. The molecule has 0 radical (unpaired) electrons. The molecular weight excluding hydrogens is 354 g/mol. The van der Waals surface area contributed by atoms with Crippen LogP contribution >= 0.6 is 27.5 Å². The molecule has 0 heterocycles. The van der Waals surface area contributed by atoms with Crippen molar-refractivity contribution in [3.05, 3.63) is 57.0 Å². The summed E-state index contributed by atoms with van der Waals surface area (Å²) in [4.78, 5) is 12.0. The lowest BCUT2D eigenvalue weighted by molar-refractivity contribution is 0.102. The summed E-state index contributed by atoms with van der Waals surface area (Å²) >= 11 is 8.86. The molecule has 2 aromatic rings. The molecular formula is C13H8BrClF2N2O. The van der Waals surface area contributed by atoms with Gasteiger partial charge in [-0.1, -0.05) is 11.6 Å². The number of rotatable bonds is 2. The minimum atomic E-state index is -0.898. The Balaban J connectivity index is 2.35. The summed E-state index contributed by atoms with van der Waals surface area (Å²) in [5, 5.41) is 2.50. The lowest BCUT2D eigenvalue weighted by Gasteiger charge is -2.10. The molecule has 0 spiro atoms. The van der Waals surface area contributed by atoms with E-state index in [-0.39, 0.29) is 20.7 Å². The van der Waals surface area contributed by atoms with Crippen molar-refractivity contribution in [2.45, 2.75) is 0 Å². The van der Waals surface area contributed by atoms with E-state index in [1.807, 2.05) is 0 Å². The van der Waals surface area contributed by atoms with Gasteiger partial charge >= 0.3 is 0 Å². The predicted octanol–water partition coefficient (Wildman–Crippen LogP) is 4.22. The first kappa shape index (κ1) is 14.7. The molecule has 0 bridgehead atoms. The number of carbonyl (C=O) groups is 1. The van der Waals surface area contributed by atoms with E-state index in [1.54, 1.807) is 0 Å². The summed E-state index contributed by atoms with van der Waals surface area (Å²) in [6, 6.07) is 6.07. The zero-order valence-electron chi connectivity index (χ0n) is 9.88. The topological polar surface area (TPSA) is 55.1 Å². The van der Waals surface area contributed by atoms with Gasteiger partial charge in [0, 0.05) is 16.2 Å². The Morgan fingerprint density at radius 2 is 1.95 bits per heavy atom. The van der Waals surface area contributed by atoms with Gasteiger partial charge in [0.15, 0.2) is 5.82 Å². The maximum absolute atomic E-state index is 13.6. The second kappa shape index (κ2) is 5.76. The first-order valence-electron chi connectivity index (χ1n) is 5.39. The molecule has 0 unspecified atom stereocenters. The van der Waals surface area contributed by atoms with Crippen molar-refractivity contribution in [1.29, 1.82) is 0 Å². The Labute approximate surface area is 126 Å². The zero-order chi connectivity index (χ0) is 14.9. The fourth-order valence-electron chi connectivity index (χ4n) is 1.56. The van der Waals surface area contributed by atoms with Crippen LogP contribution in [0.1, 0.15) is 10.4 Å². The average Bonchev–Trinajstić information content (AvgIpc) is 2.36. The maximum Gasteiger partial charge on any atom is 0.257 e. The summed E-state index contributed by atoms with van der Waals surface area (Å²) in [7, 11) is 0. The molecule has 20 heavy (non-hydrogen) atoms. The third-order valence-electron chi connectivity index (χ3n) is 2.48. The van der Waals surface area contributed by atoms with Crippen molar-refractivity contribution in [2.75, 3.05) is 11.1 Å². The molecule has 0 aliphatic heterocycles. The number of carbonyl (C=O) groups excluding carboxylic acids is 1. The van der Waals surface area contributed by atoms with Crippen molar-refractivity contribution >= 4 is 44.8 Å². The molecule has 0 aromatic heterocycles. The van der Waals surface area contributed by atoms with Crippen LogP contribution in [0, 0.1) is 11.6 Å². The SMILES string of the molecule is Nc1ccc(Cl)c(C(=O)Nc2c(F)cc(F)cc2Br)c1. The Bertz CT molecular complexity index is 671. The number of halogens is 4. The van der Waals surface area contributed by atoms with Gasteiger partial charge in [-0.25, -0.2) is 8.78 Å². The lowest BCUT2D eigenvalue weighted by atomic mass is 10.2. The van der Waals surface area contributed by atoms with Gasteiger partial charge in [0.05, 0.1) is 16.3 Å². The molecule has 104 valence electrons. The first-order chi connectivity index (χ1) is 9.38. The monoisotopic (exact) mass is 360 g/mol. The number of amides is 1. The molecule has 3 nitrogen and oxygen atoms in total. The Morgan fingerprint density at radius 1 is 1.25 bits per heavy atom. The van der Waals surface area contributed by atoms with Crippen LogP contribution in [-0.4, -0.2) is 5.91 Å². The van der Waals surface area contributed by atoms with Crippen molar-refractivity contribution in [2.24, 2.45) is 0 Å². The van der Waals surface area contributed by atoms with Crippen molar-refractivity contribution < 1.29 is 13.6 Å². The van der Waals surface area contributed by atoms with Gasteiger partial charge in [-0.2, -0.15) is 0 Å².